The first-order chi connectivity index (χ1) is 4.45. The van der Waals surface area contributed by atoms with E-state index in [-0.39, 0.29) is 6.10 Å². The molecule has 4 atom stereocenters. The molecule has 1 aliphatic carbocycles. The highest BCUT2D eigenvalue weighted by Crippen LogP contribution is 2.45. The van der Waals surface area contributed by atoms with Crippen molar-refractivity contribution in [1.82, 2.24) is 0 Å². The van der Waals surface area contributed by atoms with Gasteiger partial charge in [0, 0.05) is 3.42 Å². The van der Waals surface area contributed by atoms with Crippen LogP contribution in [0, 0.1) is 11.8 Å². The van der Waals surface area contributed by atoms with Crippen LogP contribution in [-0.4, -0.2) is 14.6 Å². The van der Waals surface area contributed by atoms with Crippen molar-refractivity contribution >= 4 is 22.6 Å². The monoisotopic (exact) mass is 254 g/mol. The fourth-order valence-electron chi connectivity index (χ4n) is 1.66. The highest BCUT2D eigenvalue weighted by atomic mass is 127. The molecule has 1 nitrogen and oxygen atoms in total. The van der Waals surface area contributed by atoms with E-state index in [1.165, 1.54) is 0 Å². The molecule has 1 rings (SSSR count). The second-order valence-corrected chi connectivity index (χ2v) is 6.16. The minimum atomic E-state index is -0.0723. The molecule has 1 N–H and O–H groups in total. The molecule has 0 radical (unpaired) electrons. The number of hydrogen-bond acceptors (Lipinski definition) is 1. The zero-order chi connectivity index (χ0) is 7.94. The first kappa shape index (κ1) is 8.78. The van der Waals surface area contributed by atoms with Crippen LogP contribution < -0.4 is 0 Å². The van der Waals surface area contributed by atoms with Gasteiger partial charge in [-0.25, -0.2) is 0 Å². The summed E-state index contributed by atoms with van der Waals surface area (Å²) in [6, 6.07) is 0. The van der Waals surface area contributed by atoms with Crippen LogP contribution in [0.3, 0.4) is 0 Å². The second-order valence-electron chi connectivity index (χ2n) is 3.70. The van der Waals surface area contributed by atoms with Gasteiger partial charge in [-0.15, -0.1) is 0 Å². The SMILES string of the molecule is CC1[C@H](O)C[C@](C)(I)[C@@H]1C. The van der Waals surface area contributed by atoms with E-state index >= 15 is 0 Å². The Morgan fingerprint density at radius 2 is 2.00 bits per heavy atom. The zero-order valence-corrected chi connectivity index (χ0v) is 8.92. The van der Waals surface area contributed by atoms with Crippen molar-refractivity contribution in [3.63, 3.8) is 0 Å². The van der Waals surface area contributed by atoms with Gasteiger partial charge in [-0.05, 0) is 18.3 Å². The summed E-state index contributed by atoms with van der Waals surface area (Å²) < 4.78 is 0.316. The molecule has 0 aromatic carbocycles. The quantitative estimate of drug-likeness (QED) is 0.519. The molecule has 0 saturated heterocycles. The molecule has 0 bridgehead atoms. The van der Waals surface area contributed by atoms with Gasteiger partial charge in [-0.2, -0.15) is 0 Å². The van der Waals surface area contributed by atoms with Crippen LogP contribution in [-0.2, 0) is 0 Å². The topological polar surface area (TPSA) is 20.2 Å². The molecule has 0 heterocycles. The Hall–Kier alpha value is 0.690. The lowest BCUT2D eigenvalue weighted by Crippen LogP contribution is -2.20. The summed E-state index contributed by atoms with van der Waals surface area (Å²) in [5, 5.41) is 9.50. The Labute approximate surface area is 76.3 Å². The number of rotatable bonds is 0. The van der Waals surface area contributed by atoms with Crippen molar-refractivity contribution in [1.29, 1.82) is 0 Å². The van der Waals surface area contributed by atoms with Crippen LogP contribution in [0.1, 0.15) is 27.2 Å². The molecule has 0 spiro atoms. The molecule has 0 aliphatic heterocycles. The van der Waals surface area contributed by atoms with E-state index in [0.717, 1.165) is 6.42 Å². The van der Waals surface area contributed by atoms with Gasteiger partial charge in [0.05, 0.1) is 6.10 Å². The first-order valence-electron chi connectivity index (χ1n) is 3.82. The van der Waals surface area contributed by atoms with Crippen molar-refractivity contribution in [3.8, 4) is 0 Å². The standard InChI is InChI=1S/C8H15IO/c1-5-6(2)8(3,9)4-7(5)10/h5-7,10H,4H2,1-3H3/t5?,6-,7-,8+/m1/s1. The lowest BCUT2D eigenvalue weighted by atomic mass is 9.94. The van der Waals surface area contributed by atoms with E-state index in [4.69, 9.17) is 0 Å². The van der Waals surface area contributed by atoms with Gasteiger partial charge in [0.1, 0.15) is 0 Å². The molecule has 2 heteroatoms. The lowest BCUT2D eigenvalue weighted by molar-refractivity contribution is 0.130. The van der Waals surface area contributed by atoms with Gasteiger partial charge in [0.2, 0.25) is 0 Å². The maximum atomic E-state index is 9.50. The fraction of sp³-hybridized carbons (Fsp3) is 1.00. The van der Waals surface area contributed by atoms with Gasteiger partial charge >= 0.3 is 0 Å². The molecular formula is C8H15IO. The molecule has 0 aromatic rings. The van der Waals surface area contributed by atoms with Gasteiger partial charge in [-0.1, -0.05) is 43.4 Å². The maximum Gasteiger partial charge on any atom is 0.0581 e. The summed E-state index contributed by atoms with van der Waals surface area (Å²) in [7, 11) is 0. The first-order valence-corrected chi connectivity index (χ1v) is 4.90. The van der Waals surface area contributed by atoms with E-state index in [1.54, 1.807) is 0 Å². The number of hydrogen-bond donors (Lipinski definition) is 1. The molecular weight excluding hydrogens is 239 g/mol. The van der Waals surface area contributed by atoms with Gasteiger partial charge in [0.15, 0.2) is 0 Å². The van der Waals surface area contributed by atoms with Gasteiger partial charge in [-0.3, -0.25) is 0 Å². The molecule has 1 unspecified atom stereocenters. The molecule has 1 saturated carbocycles. The summed E-state index contributed by atoms with van der Waals surface area (Å²) in [4.78, 5) is 0. The van der Waals surface area contributed by atoms with Gasteiger partial charge < -0.3 is 5.11 Å². The van der Waals surface area contributed by atoms with E-state index in [2.05, 4.69) is 43.4 Å². The smallest absolute Gasteiger partial charge is 0.0581 e. The van der Waals surface area contributed by atoms with E-state index in [1.807, 2.05) is 0 Å². The van der Waals surface area contributed by atoms with Crippen LogP contribution in [0.25, 0.3) is 0 Å². The van der Waals surface area contributed by atoms with E-state index in [0.29, 0.717) is 15.3 Å². The molecule has 60 valence electrons. The van der Waals surface area contributed by atoms with Crippen LogP contribution in [0.5, 0.6) is 0 Å². The van der Waals surface area contributed by atoms with Crippen molar-refractivity contribution in [2.24, 2.45) is 11.8 Å². The number of alkyl halides is 1. The zero-order valence-electron chi connectivity index (χ0n) is 6.76. The Kier molecular flexibility index (Phi) is 2.31. The highest BCUT2D eigenvalue weighted by Gasteiger charge is 2.43. The summed E-state index contributed by atoms with van der Waals surface area (Å²) in [5.41, 5.74) is 0. The Balaban J connectivity index is 2.71. The molecule has 1 fully saturated rings. The fourth-order valence-corrected chi connectivity index (χ4v) is 2.68. The summed E-state index contributed by atoms with van der Waals surface area (Å²) in [6.07, 6.45) is 0.882. The minimum absolute atomic E-state index is 0.0723. The largest absolute Gasteiger partial charge is 0.393 e. The van der Waals surface area contributed by atoms with Crippen molar-refractivity contribution in [2.45, 2.75) is 36.7 Å². The van der Waals surface area contributed by atoms with Crippen molar-refractivity contribution in [3.05, 3.63) is 0 Å². The normalized spacial score (nSPS) is 55.5. The summed E-state index contributed by atoms with van der Waals surface area (Å²) in [6.45, 7) is 6.59. The third-order valence-electron chi connectivity index (χ3n) is 2.95. The third kappa shape index (κ3) is 1.33. The summed E-state index contributed by atoms with van der Waals surface area (Å²) in [5.74, 6) is 1.12. The Bertz CT molecular complexity index is 133. The van der Waals surface area contributed by atoms with Crippen molar-refractivity contribution < 1.29 is 5.11 Å². The molecule has 1 aliphatic rings. The molecule has 0 amide bonds. The Morgan fingerprint density at radius 3 is 2.10 bits per heavy atom. The average Bonchev–Trinajstić information content (AvgIpc) is 1.95. The number of halogens is 1. The number of aliphatic hydroxyl groups excluding tert-OH is 1. The van der Waals surface area contributed by atoms with Crippen LogP contribution in [0.2, 0.25) is 0 Å². The highest BCUT2D eigenvalue weighted by molar-refractivity contribution is 14.1. The third-order valence-corrected chi connectivity index (χ3v) is 4.38. The predicted molar refractivity (Wildman–Crippen MR) is 51.4 cm³/mol. The Morgan fingerprint density at radius 1 is 1.50 bits per heavy atom. The van der Waals surface area contributed by atoms with E-state index < -0.39 is 0 Å². The van der Waals surface area contributed by atoms with Crippen LogP contribution in [0.15, 0.2) is 0 Å². The van der Waals surface area contributed by atoms with Crippen LogP contribution >= 0.6 is 22.6 Å². The predicted octanol–water partition coefficient (Wildman–Crippen LogP) is 2.22. The van der Waals surface area contributed by atoms with Gasteiger partial charge in [0.25, 0.3) is 0 Å². The molecule has 0 aromatic heterocycles. The minimum Gasteiger partial charge on any atom is -0.393 e. The van der Waals surface area contributed by atoms with Crippen LogP contribution in [0.4, 0.5) is 0 Å². The molecule has 10 heavy (non-hydrogen) atoms. The summed E-state index contributed by atoms with van der Waals surface area (Å²) >= 11 is 2.46. The van der Waals surface area contributed by atoms with Crippen molar-refractivity contribution in [2.75, 3.05) is 0 Å². The number of aliphatic hydroxyl groups is 1. The van der Waals surface area contributed by atoms with E-state index in [9.17, 15) is 5.11 Å². The average molecular weight is 254 g/mol. The maximum absolute atomic E-state index is 9.50. The second kappa shape index (κ2) is 2.63. The lowest BCUT2D eigenvalue weighted by Gasteiger charge is -2.22.